The van der Waals surface area contributed by atoms with E-state index in [1.807, 2.05) is 6.07 Å². The molecule has 1 aliphatic rings. The van der Waals surface area contributed by atoms with Gasteiger partial charge in [-0.1, -0.05) is 31.2 Å². The van der Waals surface area contributed by atoms with Crippen molar-refractivity contribution in [3.8, 4) is 0 Å². The molecule has 2 N–H and O–H groups in total. The fraction of sp³-hybridized carbons (Fsp3) is 0.579. The maximum Gasteiger partial charge on any atom is 0.241 e. The number of aryl methyl sites for hydroxylation is 1. The average Bonchev–Trinajstić information content (AvgIpc) is 3.14. The first kappa shape index (κ1) is 19.2. The van der Waals surface area contributed by atoms with E-state index in [1.165, 1.54) is 11.1 Å². The molecule has 0 spiro atoms. The third-order valence-corrected chi connectivity index (χ3v) is 4.39. The lowest BCUT2D eigenvalue weighted by Gasteiger charge is -2.17. The second-order valence-corrected chi connectivity index (χ2v) is 6.54. The molecular formula is C19H30N4O2. The van der Waals surface area contributed by atoms with Crippen LogP contribution in [0.3, 0.4) is 0 Å². The molecule has 25 heavy (non-hydrogen) atoms. The summed E-state index contributed by atoms with van der Waals surface area (Å²) in [5.41, 5.74) is 2.52. The number of likely N-dealkylation sites (N-methyl/N-ethyl adjacent to an activating group) is 1. The third kappa shape index (κ3) is 6.38. The molecule has 0 aromatic heterocycles. The van der Waals surface area contributed by atoms with Crippen LogP contribution in [0.5, 0.6) is 0 Å². The van der Waals surface area contributed by atoms with Gasteiger partial charge < -0.3 is 20.3 Å². The van der Waals surface area contributed by atoms with Crippen molar-refractivity contribution in [1.82, 2.24) is 15.5 Å². The van der Waals surface area contributed by atoms with Crippen LogP contribution in [0.25, 0.3) is 0 Å². The summed E-state index contributed by atoms with van der Waals surface area (Å²) in [6, 6.07) is 8.34. The van der Waals surface area contributed by atoms with Crippen molar-refractivity contribution < 1.29 is 9.53 Å². The molecule has 1 aliphatic heterocycles. The monoisotopic (exact) mass is 346 g/mol. The maximum absolute atomic E-state index is 11.8. The number of guanidine groups is 1. The number of hydrogen-bond acceptors (Lipinski definition) is 3. The summed E-state index contributed by atoms with van der Waals surface area (Å²) < 4.78 is 5.42. The average molecular weight is 346 g/mol. The molecule has 0 aliphatic carbocycles. The molecule has 1 heterocycles. The van der Waals surface area contributed by atoms with Crippen LogP contribution in [0.2, 0.25) is 0 Å². The molecule has 1 saturated heterocycles. The Balaban J connectivity index is 1.99. The quantitative estimate of drug-likeness (QED) is 0.579. The molecular weight excluding hydrogens is 316 g/mol. The van der Waals surface area contributed by atoms with Crippen molar-refractivity contribution >= 4 is 11.9 Å². The Bertz CT molecular complexity index is 581. The van der Waals surface area contributed by atoms with Gasteiger partial charge in [0, 0.05) is 33.2 Å². The fourth-order valence-corrected chi connectivity index (χ4v) is 2.70. The lowest BCUT2D eigenvalue weighted by molar-refractivity contribution is -0.127. The minimum absolute atomic E-state index is 0.0210. The molecule has 6 heteroatoms. The van der Waals surface area contributed by atoms with Gasteiger partial charge in [0.2, 0.25) is 5.91 Å². The first-order valence-corrected chi connectivity index (χ1v) is 8.97. The number of hydrogen-bond donors (Lipinski definition) is 2. The van der Waals surface area contributed by atoms with E-state index in [1.54, 1.807) is 19.0 Å². The summed E-state index contributed by atoms with van der Waals surface area (Å²) in [4.78, 5) is 18.1. The summed E-state index contributed by atoms with van der Waals surface area (Å²) in [5, 5.41) is 6.49. The topological polar surface area (TPSA) is 66.0 Å². The number of nitrogens with one attached hydrogen (secondary N) is 2. The van der Waals surface area contributed by atoms with Gasteiger partial charge in [-0.3, -0.25) is 4.79 Å². The van der Waals surface area contributed by atoms with Crippen LogP contribution in [-0.2, 0) is 22.5 Å². The molecule has 1 aromatic rings. The highest BCUT2D eigenvalue weighted by atomic mass is 16.5. The molecule has 2 rings (SSSR count). The van der Waals surface area contributed by atoms with Gasteiger partial charge in [-0.05, 0) is 24.0 Å². The highest BCUT2D eigenvalue weighted by Gasteiger charge is 2.16. The fourth-order valence-electron chi connectivity index (χ4n) is 2.70. The number of ether oxygens (including phenoxy) is 1. The van der Waals surface area contributed by atoms with Crippen LogP contribution in [0.1, 0.15) is 24.5 Å². The normalized spacial score (nSPS) is 17.4. The van der Waals surface area contributed by atoms with Gasteiger partial charge in [0.05, 0.1) is 19.7 Å². The van der Waals surface area contributed by atoms with Gasteiger partial charge in [0.25, 0.3) is 0 Å². The molecule has 1 fully saturated rings. The van der Waals surface area contributed by atoms with Crippen molar-refractivity contribution in [2.75, 3.05) is 40.4 Å². The first-order valence-electron chi connectivity index (χ1n) is 8.97. The molecule has 6 nitrogen and oxygen atoms in total. The van der Waals surface area contributed by atoms with E-state index in [2.05, 4.69) is 40.7 Å². The summed E-state index contributed by atoms with van der Waals surface area (Å²) in [5.74, 6) is 1.19. The van der Waals surface area contributed by atoms with Crippen molar-refractivity contribution in [3.05, 3.63) is 35.4 Å². The Morgan fingerprint density at radius 2 is 2.04 bits per heavy atom. The SMILES string of the molecule is CCc1ccccc1CN=C(NCC(=O)N(C)C)NCC1CCOC1. The highest BCUT2D eigenvalue weighted by Crippen LogP contribution is 2.12. The molecule has 1 aromatic carbocycles. The Labute approximate surface area is 150 Å². The van der Waals surface area contributed by atoms with Gasteiger partial charge in [-0.25, -0.2) is 4.99 Å². The summed E-state index contributed by atoms with van der Waals surface area (Å²) in [6.45, 7) is 5.39. The summed E-state index contributed by atoms with van der Waals surface area (Å²) in [6.07, 6.45) is 2.05. The third-order valence-electron chi connectivity index (χ3n) is 4.39. The van der Waals surface area contributed by atoms with E-state index in [0.717, 1.165) is 32.6 Å². The number of benzene rings is 1. The van der Waals surface area contributed by atoms with Crippen molar-refractivity contribution in [2.24, 2.45) is 10.9 Å². The largest absolute Gasteiger partial charge is 0.381 e. The molecule has 0 bridgehead atoms. The Kier molecular flexibility index (Phi) is 7.73. The van der Waals surface area contributed by atoms with Gasteiger partial charge in [0.15, 0.2) is 5.96 Å². The van der Waals surface area contributed by atoms with Gasteiger partial charge in [-0.2, -0.15) is 0 Å². The number of rotatable bonds is 7. The van der Waals surface area contributed by atoms with E-state index >= 15 is 0 Å². The smallest absolute Gasteiger partial charge is 0.241 e. The number of carbonyl (C=O) groups is 1. The minimum atomic E-state index is 0.0210. The van der Waals surface area contributed by atoms with Crippen LogP contribution in [0, 0.1) is 5.92 Å². The van der Waals surface area contributed by atoms with E-state index < -0.39 is 0 Å². The number of carbonyl (C=O) groups excluding carboxylic acids is 1. The maximum atomic E-state index is 11.8. The number of amides is 1. The zero-order valence-electron chi connectivity index (χ0n) is 15.5. The molecule has 0 radical (unpaired) electrons. The van der Waals surface area contributed by atoms with Gasteiger partial charge in [-0.15, -0.1) is 0 Å². The van der Waals surface area contributed by atoms with E-state index in [4.69, 9.17) is 4.74 Å². The van der Waals surface area contributed by atoms with E-state index in [-0.39, 0.29) is 12.5 Å². The Morgan fingerprint density at radius 3 is 2.68 bits per heavy atom. The molecule has 0 saturated carbocycles. The minimum Gasteiger partial charge on any atom is -0.381 e. The van der Waals surface area contributed by atoms with Crippen molar-refractivity contribution in [3.63, 3.8) is 0 Å². The van der Waals surface area contributed by atoms with Crippen LogP contribution < -0.4 is 10.6 Å². The number of aliphatic imine (C=N–C) groups is 1. The second-order valence-electron chi connectivity index (χ2n) is 6.54. The zero-order valence-corrected chi connectivity index (χ0v) is 15.5. The molecule has 1 amide bonds. The lowest BCUT2D eigenvalue weighted by atomic mass is 10.1. The van der Waals surface area contributed by atoms with E-state index in [9.17, 15) is 4.79 Å². The first-order chi connectivity index (χ1) is 12.1. The molecule has 1 atom stereocenters. The Hall–Kier alpha value is -2.08. The zero-order chi connectivity index (χ0) is 18.1. The standard InChI is InChI=1S/C19H30N4O2/c1-4-16-7-5-6-8-17(16)12-21-19(22-13-18(24)23(2)3)20-11-15-9-10-25-14-15/h5-8,15H,4,9-14H2,1-3H3,(H2,20,21,22). The highest BCUT2D eigenvalue weighted by molar-refractivity contribution is 5.86. The van der Waals surface area contributed by atoms with Gasteiger partial charge in [0.1, 0.15) is 0 Å². The molecule has 138 valence electrons. The van der Waals surface area contributed by atoms with Crippen LogP contribution in [-0.4, -0.2) is 57.2 Å². The van der Waals surface area contributed by atoms with Gasteiger partial charge >= 0.3 is 0 Å². The van der Waals surface area contributed by atoms with Crippen LogP contribution in [0.4, 0.5) is 0 Å². The molecule has 1 unspecified atom stereocenters. The predicted octanol–water partition coefficient (Wildman–Crippen LogP) is 1.41. The van der Waals surface area contributed by atoms with Crippen molar-refractivity contribution in [1.29, 1.82) is 0 Å². The van der Waals surface area contributed by atoms with Crippen LogP contribution in [0.15, 0.2) is 29.3 Å². The van der Waals surface area contributed by atoms with Crippen molar-refractivity contribution in [2.45, 2.75) is 26.3 Å². The lowest BCUT2D eigenvalue weighted by Crippen LogP contribution is -2.44. The Morgan fingerprint density at radius 1 is 1.28 bits per heavy atom. The second kappa shape index (κ2) is 10.0. The number of nitrogens with zero attached hydrogens (tertiary/aromatic N) is 2. The predicted molar refractivity (Wildman–Crippen MR) is 101 cm³/mol. The van der Waals surface area contributed by atoms with Crippen LogP contribution >= 0.6 is 0 Å². The summed E-state index contributed by atoms with van der Waals surface area (Å²) in [7, 11) is 3.50. The van der Waals surface area contributed by atoms with E-state index in [0.29, 0.717) is 18.4 Å². The summed E-state index contributed by atoms with van der Waals surface area (Å²) >= 11 is 0.